The second-order valence-electron chi connectivity index (χ2n) is 5.08. The topological polar surface area (TPSA) is 21.3 Å². The maximum absolute atomic E-state index is 13.2. The predicted octanol–water partition coefficient (Wildman–Crippen LogP) is 2.66. The number of ether oxygens (including phenoxy) is 1. The summed E-state index contributed by atoms with van der Waals surface area (Å²) in [6, 6.07) is 7.35. The minimum absolute atomic E-state index is 0.00343. The van der Waals surface area contributed by atoms with Crippen LogP contribution in [0.2, 0.25) is 0 Å². The van der Waals surface area contributed by atoms with E-state index in [1.807, 2.05) is 6.07 Å². The van der Waals surface area contributed by atoms with E-state index in [0.29, 0.717) is 12.0 Å². The number of hydrogen-bond donors (Lipinski definition) is 1. The first-order chi connectivity index (χ1) is 8.33. The van der Waals surface area contributed by atoms with Crippen molar-refractivity contribution >= 4 is 0 Å². The van der Waals surface area contributed by atoms with Crippen LogP contribution < -0.4 is 5.32 Å². The molecule has 1 N–H and O–H groups in total. The van der Waals surface area contributed by atoms with Crippen molar-refractivity contribution in [1.82, 2.24) is 5.32 Å². The Hall–Kier alpha value is -0.930. The Bertz CT molecular complexity index is 382. The minimum Gasteiger partial charge on any atom is -0.372 e. The number of benzene rings is 1. The van der Waals surface area contributed by atoms with Gasteiger partial charge in [0.2, 0.25) is 0 Å². The van der Waals surface area contributed by atoms with Gasteiger partial charge in [0.15, 0.2) is 0 Å². The van der Waals surface area contributed by atoms with Crippen LogP contribution in [0.5, 0.6) is 0 Å². The van der Waals surface area contributed by atoms with E-state index in [0.717, 1.165) is 18.7 Å². The average molecular weight is 235 g/mol. The standard InChI is InChI=1S/C14H18FNO/c15-12-5-1-3-10(7-12)14-8-16-13-6-2-4-11(13)9-17-14/h1,3,5,7,11,13-14,16H,2,4,6,8-9H2. The van der Waals surface area contributed by atoms with Gasteiger partial charge in [0, 0.05) is 12.6 Å². The van der Waals surface area contributed by atoms with Crippen LogP contribution in [0.25, 0.3) is 0 Å². The van der Waals surface area contributed by atoms with Crippen molar-refractivity contribution < 1.29 is 9.13 Å². The highest BCUT2D eigenvalue weighted by atomic mass is 19.1. The molecule has 1 saturated heterocycles. The fourth-order valence-electron chi connectivity index (χ4n) is 2.98. The lowest BCUT2D eigenvalue weighted by atomic mass is 10.1. The van der Waals surface area contributed by atoms with E-state index in [4.69, 9.17) is 4.74 Å². The molecule has 17 heavy (non-hydrogen) atoms. The zero-order valence-electron chi connectivity index (χ0n) is 9.86. The summed E-state index contributed by atoms with van der Waals surface area (Å²) < 4.78 is 19.1. The summed E-state index contributed by atoms with van der Waals surface area (Å²) in [6.45, 7) is 1.60. The molecule has 1 aromatic carbocycles. The Morgan fingerprint density at radius 2 is 2.24 bits per heavy atom. The number of nitrogens with one attached hydrogen (secondary N) is 1. The predicted molar refractivity (Wildman–Crippen MR) is 64.2 cm³/mol. The summed E-state index contributed by atoms with van der Waals surface area (Å²) in [5.41, 5.74) is 0.942. The van der Waals surface area contributed by atoms with Crippen LogP contribution in [0.15, 0.2) is 24.3 Å². The van der Waals surface area contributed by atoms with E-state index in [1.54, 1.807) is 12.1 Å². The number of fused-ring (bicyclic) bond motifs is 1. The molecule has 0 amide bonds. The van der Waals surface area contributed by atoms with Crippen molar-refractivity contribution in [2.24, 2.45) is 5.92 Å². The molecule has 2 aliphatic rings. The Labute approximate surface area is 101 Å². The second kappa shape index (κ2) is 4.75. The number of hydrogen-bond acceptors (Lipinski definition) is 2. The van der Waals surface area contributed by atoms with Gasteiger partial charge in [-0.3, -0.25) is 0 Å². The minimum atomic E-state index is -0.185. The van der Waals surface area contributed by atoms with E-state index in [9.17, 15) is 4.39 Å². The van der Waals surface area contributed by atoms with Crippen molar-refractivity contribution in [3.05, 3.63) is 35.6 Å². The third-order valence-electron chi connectivity index (χ3n) is 3.96. The van der Waals surface area contributed by atoms with E-state index in [2.05, 4.69) is 5.32 Å². The highest BCUT2D eigenvalue weighted by Crippen LogP contribution is 2.31. The largest absolute Gasteiger partial charge is 0.372 e. The van der Waals surface area contributed by atoms with E-state index in [1.165, 1.54) is 25.3 Å². The highest BCUT2D eigenvalue weighted by molar-refractivity contribution is 5.19. The number of rotatable bonds is 1. The Morgan fingerprint density at radius 3 is 3.12 bits per heavy atom. The summed E-state index contributed by atoms with van der Waals surface area (Å²) in [5, 5.41) is 3.56. The quantitative estimate of drug-likeness (QED) is 0.808. The van der Waals surface area contributed by atoms with Gasteiger partial charge >= 0.3 is 0 Å². The molecule has 0 spiro atoms. The molecular formula is C14H18FNO. The van der Waals surface area contributed by atoms with Crippen molar-refractivity contribution in [3.63, 3.8) is 0 Å². The molecule has 1 heterocycles. The third kappa shape index (κ3) is 2.35. The van der Waals surface area contributed by atoms with Gasteiger partial charge in [0.1, 0.15) is 5.82 Å². The monoisotopic (exact) mass is 235 g/mol. The maximum atomic E-state index is 13.2. The molecule has 0 bridgehead atoms. The fraction of sp³-hybridized carbons (Fsp3) is 0.571. The van der Waals surface area contributed by atoms with Crippen LogP contribution in [0, 0.1) is 11.7 Å². The molecule has 3 heteroatoms. The highest BCUT2D eigenvalue weighted by Gasteiger charge is 2.31. The Kier molecular flexibility index (Phi) is 3.12. The molecular weight excluding hydrogens is 217 g/mol. The van der Waals surface area contributed by atoms with Crippen LogP contribution in [-0.4, -0.2) is 19.2 Å². The molecule has 3 atom stereocenters. The zero-order chi connectivity index (χ0) is 11.7. The summed E-state index contributed by atoms with van der Waals surface area (Å²) in [4.78, 5) is 0. The molecule has 2 nitrogen and oxygen atoms in total. The molecule has 92 valence electrons. The van der Waals surface area contributed by atoms with Gasteiger partial charge in [-0.1, -0.05) is 18.6 Å². The first kappa shape index (κ1) is 11.2. The molecule has 1 aliphatic carbocycles. The average Bonchev–Trinajstić information content (AvgIpc) is 2.68. The van der Waals surface area contributed by atoms with Gasteiger partial charge in [0.25, 0.3) is 0 Å². The summed E-state index contributed by atoms with van der Waals surface area (Å²) in [7, 11) is 0. The molecule has 3 unspecified atom stereocenters. The lowest BCUT2D eigenvalue weighted by Gasteiger charge is -2.16. The fourth-order valence-corrected chi connectivity index (χ4v) is 2.98. The number of halogens is 1. The molecule has 1 saturated carbocycles. The third-order valence-corrected chi connectivity index (χ3v) is 3.96. The van der Waals surface area contributed by atoms with E-state index in [-0.39, 0.29) is 11.9 Å². The van der Waals surface area contributed by atoms with E-state index >= 15 is 0 Å². The van der Waals surface area contributed by atoms with Crippen LogP contribution in [0.3, 0.4) is 0 Å². The van der Waals surface area contributed by atoms with Crippen LogP contribution in [-0.2, 0) is 4.74 Å². The zero-order valence-corrected chi connectivity index (χ0v) is 9.86. The first-order valence-electron chi connectivity index (χ1n) is 6.43. The van der Waals surface area contributed by atoms with Gasteiger partial charge in [-0.2, -0.15) is 0 Å². The van der Waals surface area contributed by atoms with Crippen molar-refractivity contribution in [1.29, 1.82) is 0 Å². The lowest BCUT2D eigenvalue weighted by molar-refractivity contribution is 0.0472. The molecule has 3 rings (SSSR count). The maximum Gasteiger partial charge on any atom is 0.123 e. The lowest BCUT2D eigenvalue weighted by Crippen LogP contribution is -2.32. The Morgan fingerprint density at radius 1 is 1.29 bits per heavy atom. The van der Waals surface area contributed by atoms with Gasteiger partial charge in [-0.25, -0.2) is 4.39 Å². The van der Waals surface area contributed by atoms with Gasteiger partial charge < -0.3 is 10.1 Å². The SMILES string of the molecule is Fc1cccc(C2CNC3CCCC3CO2)c1. The summed E-state index contributed by atoms with van der Waals surface area (Å²) >= 11 is 0. The summed E-state index contributed by atoms with van der Waals surface area (Å²) in [5.74, 6) is 0.462. The van der Waals surface area contributed by atoms with Crippen LogP contribution in [0.4, 0.5) is 4.39 Å². The first-order valence-corrected chi connectivity index (χ1v) is 6.43. The van der Waals surface area contributed by atoms with Gasteiger partial charge in [-0.05, 0) is 36.5 Å². The Balaban J connectivity index is 1.73. The molecule has 1 aliphatic heterocycles. The van der Waals surface area contributed by atoms with Gasteiger partial charge in [0.05, 0.1) is 12.7 Å². The molecule has 2 fully saturated rings. The van der Waals surface area contributed by atoms with Crippen molar-refractivity contribution in [2.75, 3.05) is 13.2 Å². The molecule has 0 aromatic heterocycles. The van der Waals surface area contributed by atoms with Crippen molar-refractivity contribution in [3.8, 4) is 0 Å². The van der Waals surface area contributed by atoms with Crippen LogP contribution >= 0.6 is 0 Å². The van der Waals surface area contributed by atoms with Crippen LogP contribution in [0.1, 0.15) is 30.9 Å². The van der Waals surface area contributed by atoms with E-state index < -0.39 is 0 Å². The molecule has 0 radical (unpaired) electrons. The van der Waals surface area contributed by atoms with Crippen molar-refractivity contribution in [2.45, 2.75) is 31.4 Å². The summed E-state index contributed by atoms with van der Waals surface area (Å²) in [6.07, 6.45) is 3.81. The van der Waals surface area contributed by atoms with Gasteiger partial charge in [-0.15, -0.1) is 0 Å². The normalized spacial score (nSPS) is 33.1. The molecule has 1 aromatic rings. The second-order valence-corrected chi connectivity index (χ2v) is 5.08. The smallest absolute Gasteiger partial charge is 0.123 e.